The molecule has 2 unspecified atom stereocenters. The lowest BCUT2D eigenvalue weighted by molar-refractivity contribution is -0.131. The first-order chi connectivity index (χ1) is 18.0. The summed E-state index contributed by atoms with van der Waals surface area (Å²) in [6.45, 7) is 0.496. The largest absolute Gasteiger partial charge is 0.497 e. The highest BCUT2D eigenvalue weighted by molar-refractivity contribution is 6.14. The number of dihydropyridines is 1. The third-order valence-corrected chi connectivity index (χ3v) is 6.18. The maximum Gasteiger partial charge on any atom is 0.251 e. The predicted molar refractivity (Wildman–Crippen MR) is 140 cm³/mol. The van der Waals surface area contributed by atoms with E-state index in [4.69, 9.17) is 20.0 Å². The monoisotopic (exact) mass is 506 g/mol. The number of aliphatic hydroxyl groups is 1. The van der Waals surface area contributed by atoms with Crippen LogP contribution >= 0.6 is 0 Å². The number of hydrogen-bond acceptors (Lipinski definition) is 7. The molecule has 2 heterocycles. The molecule has 4 N–H and O–H groups in total. The summed E-state index contributed by atoms with van der Waals surface area (Å²) in [5, 5.41) is 24.3. The van der Waals surface area contributed by atoms with Crippen LogP contribution in [0.1, 0.15) is 24.4 Å². The molecule has 0 bridgehead atoms. The number of anilines is 1. The highest BCUT2D eigenvalue weighted by Gasteiger charge is 2.35. The molecule has 2 atom stereocenters. The molecule has 37 heavy (non-hydrogen) atoms. The predicted octanol–water partition coefficient (Wildman–Crippen LogP) is 3.93. The van der Waals surface area contributed by atoms with Crippen LogP contribution in [0.3, 0.4) is 0 Å². The first-order valence-corrected chi connectivity index (χ1v) is 12.1. The van der Waals surface area contributed by atoms with Crippen LogP contribution in [0, 0.1) is 11.2 Å². The molecule has 0 radical (unpaired) electrons. The van der Waals surface area contributed by atoms with E-state index < -0.39 is 6.04 Å². The van der Waals surface area contributed by atoms with Crippen LogP contribution in [0.25, 0.3) is 0 Å². The van der Waals surface area contributed by atoms with Gasteiger partial charge in [-0.15, -0.1) is 0 Å². The number of aliphatic hydroxyl groups excluding tert-OH is 1. The van der Waals surface area contributed by atoms with E-state index in [0.29, 0.717) is 29.4 Å². The highest BCUT2D eigenvalue weighted by atomic mass is 19.1. The minimum Gasteiger partial charge on any atom is -0.497 e. The first-order valence-electron chi connectivity index (χ1n) is 12.1. The van der Waals surface area contributed by atoms with Gasteiger partial charge >= 0.3 is 0 Å². The molecular formula is C28H31FN4O4. The number of amides is 1. The number of methoxy groups -OCH3 is 1. The van der Waals surface area contributed by atoms with Crippen molar-refractivity contribution in [2.45, 2.75) is 24.9 Å². The van der Waals surface area contributed by atoms with Gasteiger partial charge < -0.3 is 35.5 Å². The molecule has 1 fully saturated rings. The van der Waals surface area contributed by atoms with Crippen LogP contribution in [-0.2, 0) is 4.79 Å². The summed E-state index contributed by atoms with van der Waals surface area (Å²) in [6, 6.07) is 10.1. The molecular weight excluding hydrogens is 475 g/mol. The standard InChI is InChI=1S/C28H31FN4O4/c1-36-23-15-22(16-24(18-23)37-14-13-34)32-27(25(30)17-21-5-2-3-11-31-21)28(35)33-12-4-6-26(33)19-7-9-20(29)10-8-19/h2-3,5,7-11,15-18,26-27,30-32,34H,4,6,12-14H2,1H3/b21-17-,30-25?. The maximum atomic E-state index is 14.0. The molecule has 0 spiro atoms. The second-order valence-electron chi connectivity index (χ2n) is 8.71. The van der Waals surface area contributed by atoms with Crippen molar-refractivity contribution >= 4 is 17.3 Å². The Balaban J connectivity index is 1.65. The van der Waals surface area contributed by atoms with Gasteiger partial charge in [0.05, 0.1) is 25.5 Å². The van der Waals surface area contributed by atoms with Gasteiger partial charge in [0, 0.05) is 42.3 Å². The Bertz CT molecular complexity index is 1210. The topological polar surface area (TPSA) is 107 Å². The van der Waals surface area contributed by atoms with Gasteiger partial charge in [-0.05, 0) is 48.8 Å². The molecule has 8 nitrogen and oxygen atoms in total. The van der Waals surface area contributed by atoms with Crippen LogP contribution in [-0.4, -0.2) is 54.5 Å². The van der Waals surface area contributed by atoms with Gasteiger partial charge in [0.25, 0.3) is 5.91 Å². The lowest BCUT2D eigenvalue weighted by atomic mass is 10.0. The van der Waals surface area contributed by atoms with E-state index in [1.54, 1.807) is 47.5 Å². The molecule has 2 aliphatic rings. The van der Waals surface area contributed by atoms with Gasteiger partial charge in [0.2, 0.25) is 0 Å². The minimum absolute atomic E-state index is 0.0675. The number of ether oxygens (including phenoxy) is 2. The number of benzene rings is 2. The summed E-state index contributed by atoms with van der Waals surface area (Å²) in [7, 11) is 1.52. The second-order valence-corrected chi connectivity index (χ2v) is 8.71. The van der Waals surface area contributed by atoms with Crippen molar-refractivity contribution in [3.63, 3.8) is 0 Å². The third-order valence-electron chi connectivity index (χ3n) is 6.18. The minimum atomic E-state index is -1.01. The number of hydrogen-bond donors (Lipinski definition) is 4. The van der Waals surface area contributed by atoms with Gasteiger partial charge in [-0.3, -0.25) is 4.79 Å². The van der Waals surface area contributed by atoms with Crippen molar-refractivity contribution in [3.8, 4) is 11.5 Å². The van der Waals surface area contributed by atoms with Gasteiger partial charge in [-0.25, -0.2) is 4.39 Å². The Morgan fingerprint density at radius 1 is 1.27 bits per heavy atom. The van der Waals surface area contributed by atoms with E-state index in [9.17, 15) is 9.18 Å². The van der Waals surface area contributed by atoms with Crippen LogP contribution < -0.4 is 20.1 Å². The molecule has 194 valence electrons. The highest BCUT2D eigenvalue weighted by Crippen LogP contribution is 2.33. The van der Waals surface area contributed by atoms with Gasteiger partial charge in [-0.2, -0.15) is 0 Å². The smallest absolute Gasteiger partial charge is 0.251 e. The Hall–Kier alpha value is -4.11. The van der Waals surface area contributed by atoms with E-state index in [-0.39, 0.29) is 36.7 Å². The molecule has 1 amide bonds. The molecule has 2 aromatic rings. The van der Waals surface area contributed by atoms with Gasteiger partial charge in [0.1, 0.15) is 30.0 Å². The average molecular weight is 507 g/mol. The number of carbonyl (C=O) groups excluding carboxylic acids is 1. The molecule has 0 saturated carbocycles. The lowest BCUT2D eigenvalue weighted by Crippen LogP contribution is -2.46. The molecule has 2 aromatic carbocycles. The normalized spacial score (nSPS) is 18.4. The van der Waals surface area contributed by atoms with Crippen molar-refractivity contribution in [1.82, 2.24) is 10.2 Å². The van der Waals surface area contributed by atoms with Crippen molar-refractivity contribution < 1.29 is 23.8 Å². The van der Waals surface area contributed by atoms with Crippen molar-refractivity contribution in [1.29, 1.82) is 5.41 Å². The Labute approximate surface area is 215 Å². The van der Waals surface area contributed by atoms with E-state index in [1.165, 1.54) is 19.2 Å². The van der Waals surface area contributed by atoms with Gasteiger partial charge in [-0.1, -0.05) is 18.2 Å². The fraction of sp³-hybridized carbons (Fsp3) is 0.286. The summed E-state index contributed by atoms with van der Waals surface area (Å²) < 4.78 is 24.5. The van der Waals surface area contributed by atoms with Crippen molar-refractivity contribution in [2.75, 3.05) is 32.2 Å². The summed E-state index contributed by atoms with van der Waals surface area (Å²) in [6.07, 6.45) is 10.4. The molecule has 2 aliphatic heterocycles. The lowest BCUT2D eigenvalue weighted by Gasteiger charge is -2.30. The summed E-state index contributed by atoms with van der Waals surface area (Å²) >= 11 is 0. The molecule has 1 saturated heterocycles. The number of likely N-dealkylation sites (tertiary alicyclic amines) is 1. The number of rotatable bonds is 10. The number of allylic oxidation sites excluding steroid dienone is 3. The fourth-order valence-corrected chi connectivity index (χ4v) is 4.43. The van der Waals surface area contributed by atoms with Crippen LogP contribution in [0.15, 0.2) is 78.7 Å². The number of halogens is 1. The zero-order valence-corrected chi connectivity index (χ0v) is 20.6. The van der Waals surface area contributed by atoms with Crippen molar-refractivity contribution in [3.05, 3.63) is 90.0 Å². The Morgan fingerprint density at radius 2 is 2.05 bits per heavy atom. The van der Waals surface area contributed by atoms with E-state index >= 15 is 0 Å². The second kappa shape index (κ2) is 12.2. The molecule has 9 heteroatoms. The third kappa shape index (κ3) is 6.56. The Kier molecular flexibility index (Phi) is 8.58. The number of nitrogens with zero attached hydrogens (tertiary/aromatic N) is 1. The average Bonchev–Trinajstić information content (AvgIpc) is 3.41. The summed E-state index contributed by atoms with van der Waals surface area (Å²) in [5.74, 6) is 0.373. The SMILES string of the molecule is COc1cc(NC(C(=N)/C=C2/C=CC=CN2)C(=O)N2CCCC2c2ccc(F)cc2)cc(OCCO)c1. The number of carbonyl (C=O) groups is 1. The fourth-order valence-electron chi connectivity index (χ4n) is 4.43. The van der Waals surface area contributed by atoms with E-state index in [0.717, 1.165) is 18.4 Å². The first kappa shape index (κ1) is 26.0. The zero-order valence-electron chi connectivity index (χ0n) is 20.6. The zero-order chi connectivity index (χ0) is 26.2. The van der Waals surface area contributed by atoms with Crippen LogP contribution in [0.2, 0.25) is 0 Å². The Morgan fingerprint density at radius 3 is 2.76 bits per heavy atom. The van der Waals surface area contributed by atoms with Crippen LogP contribution in [0.4, 0.5) is 10.1 Å². The van der Waals surface area contributed by atoms with E-state index in [1.807, 2.05) is 18.2 Å². The molecule has 0 aromatic heterocycles. The quantitative estimate of drug-likeness (QED) is 0.364. The molecule has 4 rings (SSSR count). The van der Waals surface area contributed by atoms with Crippen molar-refractivity contribution in [2.24, 2.45) is 0 Å². The van der Waals surface area contributed by atoms with E-state index in [2.05, 4.69) is 10.6 Å². The summed E-state index contributed by atoms with van der Waals surface area (Å²) in [5.41, 5.74) is 2.14. The molecule has 0 aliphatic carbocycles. The summed E-state index contributed by atoms with van der Waals surface area (Å²) in [4.78, 5) is 15.7. The number of nitrogens with one attached hydrogen (secondary N) is 3. The van der Waals surface area contributed by atoms with Gasteiger partial charge in [0.15, 0.2) is 0 Å². The maximum absolute atomic E-state index is 14.0. The van der Waals surface area contributed by atoms with Crippen LogP contribution in [0.5, 0.6) is 11.5 Å².